The molecule has 1 saturated carbocycles. The molecule has 27 heavy (non-hydrogen) atoms. The van der Waals surface area contributed by atoms with E-state index in [9.17, 15) is 4.79 Å². The Morgan fingerprint density at radius 2 is 2.15 bits per heavy atom. The van der Waals surface area contributed by atoms with Gasteiger partial charge in [0, 0.05) is 22.7 Å². The average molecular weight is 401 g/mol. The summed E-state index contributed by atoms with van der Waals surface area (Å²) in [6.45, 7) is 0. The molecule has 3 heterocycles. The minimum absolute atomic E-state index is 0.134. The van der Waals surface area contributed by atoms with Gasteiger partial charge in [0.05, 0.1) is 5.03 Å². The average Bonchev–Trinajstić information content (AvgIpc) is 3.40. The van der Waals surface area contributed by atoms with E-state index in [4.69, 9.17) is 4.52 Å². The quantitative estimate of drug-likeness (QED) is 0.635. The highest BCUT2D eigenvalue weighted by Gasteiger charge is 2.41. The van der Waals surface area contributed by atoms with Crippen LogP contribution in [0.2, 0.25) is 0 Å². The summed E-state index contributed by atoms with van der Waals surface area (Å²) in [5, 5.41) is 12.1. The summed E-state index contributed by atoms with van der Waals surface area (Å²) in [6, 6.07) is 5.50. The number of nitrogens with zero attached hydrogens (tertiary/aromatic N) is 3. The first kappa shape index (κ1) is 18.2. The Morgan fingerprint density at radius 3 is 2.89 bits per heavy atom. The first-order valence-electron chi connectivity index (χ1n) is 8.89. The molecule has 3 aromatic rings. The zero-order chi connectivity index (χ0) is 18.7. The molecular weight excluding hydrogens is 380 g/mol. The Bertz CT molecular complexity index is 917. The number of amides is 1. The summed E-state index contributed by atoms with van der Waals surface area (Å²) in [4.78, 5) is 21.8. The zero-order valence-electron chi connectivity index (χ0n) is 15.0. The van der Waals surface area contributed by atoms with Crippen LogP contribution in [0.1, 0.15) is 48.4 Å². The van der Waals surface area contributed by atoms with Gasteiger partial charge in [-0.2, -0.15) is 16.3 Å². The van der Waals surface area contributed by atoms with Crippen LogP contribution in [0.4, 0.5) is 0 Å². The summed E-state index contributed by atoms with van der Waals surface area (Å²) >= 11 is 3.10. The van der Waals surface area contributed by atoms with Crippen molar-refractivity contribution < 1.29 is 9.32 Å². The molecule has 0 bridgehead atoms. The van der Waals surface area contributed by atoms with Crippen LogP contribution in [0.25, 0.3) is 11.4 Å². The molecule has 0 unspecified atom stereocenters. The minimum atomic E-state index is -0.612. The molecule has 3 aromatic heterocycles. The van der Waals surface area contributed by atoms with Crippen LogP contribution in [0, 0.1) is 0 Å². The Morgan fingerprint density at radius 1 is 1.30 bits per heavy atom. The molecule has 0 radical (unpaired) electrons. The fraction of sp³-hybridized carbons (Fsp3) is 0.368. The second-order valence-corrected chi connectivity index (χ2v) is 8.23. The van der Waals surface area contributed by atoms with Gasteiger partial charge in [0.1, 0.15) is 5.54 Å². The number of carbonyl (C=O) groups is 1. The summed E-state index contributed by atoms with van der Waals surface area (Å²) < 4.78 is 5.63. The molecular formula is C19H20N4O2S2. The molecule has 4 rings (SSSR count). The molecule has 140 valence electrons. The van der Waals surface area contributed by atoms with E-state index in [0.29, 0.717) is 17.3 Å². The van der Waals surface area contributed by atoms with E-state index in [1.54, 1.807) is 29.7 Å². The highest BCUT2D eigenvalue weighted by Crippen LogP contribution is 2.37. The monoisotopic (exact) mass is 400 g/mol. The van der Waals surface area contributed by atoms with Gasteiger partial charge in [0.25, 0.3) is 11.8 Å². The second kappa shape index (κ2) is 7.82. The van der Waals surface area contributed by atoms with E-state index in [0.717, 1.165) is 42.7 Å². The van der Waals surface area contributed by atoms with E-state index in [2.05, 4.69) is 20.4 Å². The third-order valence-corrected chi connectivity index (χ3v) is 6.21. The number of pyridine rings is 1. The van der Waals surface area contributed by atoms with Gasteiger partial charge in [0.15, 0.2) is 0 Å². The Hall–Kier alpha value is -2.19. The molecule has 0 aromatic carbocycles. The Balaban J connectivity index is 1.63. The predicted molar refractivity (Wildman–Crippen MR) is 106 cm³/mol. The molecule has 0 atom stereocenters. The second-order valence-electron chi connectivity index (χ2n) is 6.62. The summed E-state index contributed by atoms with van der Waals surface area (Å²) in [6.07, 6.45) is 8.38. The molecule has 0 spiro atoms. The van der Waals surface area contributed by atoms with Crippen molar-refractivity contribution in [3.05, 3.63) is 46.6 Å². The molecule has 1 amide bonds. The summed E-state index contributed by atoms with van der Waals surface area (Å²) in [7, 11) is 0. The van der Waals surface area contributed by atoms with E-state index < -0.39 is 5.54 Å². The number of thioether (sulfide) groups is 1. The van der Waals surface area contributed by atoms with Gasteiger partial charge in [-0.15, -0.1) is 11.8 Å². The normalized spacial score (nSPS) is 16.2. The summed E-state index contributed by atoms with van der Waals surface area (Å²) in [5.74, 6) is 0.930. The fourth-order valence-electron chi connectivity index (χ4n) is 3.43. The molecule has 1 N–H and O–H groups in total. The summed E-state index contributed by atoms with van der Waals surface area (Å²) in [5.41, 5.74) is 0.919. The topological polar surface area (TPSA) is 80.9 Å². The highest BCUT2D eigenvalue weighted by atomic mass is 32.2. The van der Waals surface area contributed by atoms with Crippen molar-refractivity contribution in [2.45, 2.75) is 42.7 Å². The van der Waals surface area contributed by atoms with Crippen LogP contribution in [0.3, 0.4) is 0 Å². The first-order chi connectivity index (χ1) is 13.2. The number of aromatic nitrogens is 3. The molecule has 0 aliphatic heterocycles. The maximum atomic E-state index is 13.0. The smallest absolute Gasteiger partial charge is 0.252 e. The first-order valence-corrected chi connectivity index (χ1v) is 11.1. The van der Waals surface area contributed by atoms with Crippen LogP contribution >= 0.6 is 23.1 Å². The van der Waals surface area contributed by atoms with Crippen LogP contribution < -0.4 is 5.32 Å². The number of hydrogen-bond donors (Lipinski definition) is 1. The molecule has 1 fully saturated rings. The van der Waals surface area contributed by atoms with Crippen molar-refractivity contribution in [3.8, 4) is 11.4 Å². The van der Waals surface area contributed by atoms with Crippen molar-refractivity contribution in [1.29, 1.82) is 0 Å². The van der Waals surface area contributed by atoms with Crippen molar-refractivity contribution in [2.24, 2.45) is 0 Å². The molecule has 1 aliphatic rings. The van der Waals surface area contributed by atoms with Gasteiger partial charge < -0.3 is 9.84 Å². The third-order valence-electron chi connectivity index (χ3n) is 4.88. The van der Waals surface area contributed by atoms with Gasteiger partial charge in [-0.3, -0.25) is 4.79 Å². The van der Waals surface area contributed by atoms with Crippen molar-refractivity contribution in [2.75, 3.05) is 6.26 Å². The lowest BCUT2D eigenvalue weighted by atomic mass is 9.81. The van der Waals surface area contributed by atoms with Crippen LogP contribution in [-0.4, -0.2) is 27.3 Å². The third kappa shape index (κ3) is 3.77. The van der Waals surface area contributed by atoms with Crippen LogP contribution in [0.15, 0.2) is 44.7 Å². The van der Waals surface area contributed by atoms with Gasteiger partial charge in [-0.1, -0.05) is 24.4 Å². The molecule has 8 heteroatoms. The Labute approximate surface area is 165 Å². The fourth-order valence-corrected chi connectivity index (χ4v) is 4.47. The van der Waals surface area contributed by atoms with Crippen molar-refractivity contribution in [1.82, 2.24) is 20.4 Å². The van der Waals surface area contributed by atoms with Gasteiger partial charge in [0.2, 0.25) is 5.82 Å². The lowest BCUT2D eigenvalue weighted by Gasteiger charge is -2.34. The maximum Gasteiger partial charge on any atom is 0.252 e. The maximum absolute atomic E-state index is 13.0. The SMILES string of the molecule is CSc1cc(C(=O)NC2(c3nc(-c4ccsc4)no3)CCCCC2)ccn1. The largest absolute Gasteiger partial charge is 0.338 e. The van der Waals surface area contributed by atoms with Crippen molar-refractivity contribution in [3.63, 3.8) is 0 Å². The van der Waals surface area contributed by atoms with Gasteiger partial charge >= 0.3 is 0 Å². The molecule has 6 nitrogen and oxygen atoms in total. The number of rotatable bonds is 5. The van der Waals surface area contributed by atoms with E-state index in [1.165, 1.54) is 11.8 Å². The van der Waals surface area contributed by atoms with E-state index in [1.807, 2.05) is 23.1 Å². The number of hydrogen-bond acceptors (Lipinski definition) is 7. The Kier molecular flexibility index (Phi) is 5.27. The van der Waals surface area contributed by atoms with Crippen molar-refractivity contribution >= 4 is 29.0 Å². The van der Waals surface area contributed by atoms with Crippen LogP contribution in [-0.2, 0) is 5.54 Å². The minimum Gasteiger partial charge on any atom is -0.338 e. The predicted octanol–water partition coefficient (Wildman–Crippen LogP) is 4.50. The van der Waals surface area contributed by atoms with E-state index >= 15 is 0 Å². The number of thiophene rings is 1. The molecule has 1 aliphatic carbocycles. The molecule has 0 saturated heterocycles. The van der Waals surface area contributed by atoms with E-state index in [-0.39, 0.29) is 5.91 Å². The zero-order valence-corrected chi connectivity index (χ0v) is 16.6. The number of nitrogens with one attached hydrogen (secondary N) is 1. The van der Waals surface area contributed by atoms with Gasteiger partial charge in [-0.05, 0) is 42.7 Å². The van der Waals surface area contributed by atoms with Crippen LogP contribution in [0.5, 0.6) is 0 Å². The standard InChI is InChI=1S/C19H20N4O2S2/c1-26-15-11-13(5-9-20-15)17(24)22-19(7-3-2-4-8-19)18-21-16(23-25-18)14-6-10-27-12-14/h5-6,9-12H,2-4,7-8H2,1H3,(H,22,24). The lowest BCUT2D eigenvalue weighted by molar-refractivity contribution is 0.0824. The highest BCUT2D eigenvalue weighted by molar-refractivity contribution is 7.98. The number of carbonyl (C=O) groups excluding carboxylic acids is 1. The van der Waals surface area contributed by atoms with Gasteiger partial charge in [-0.25, -0.2) is 4.98 Å². The lowest BCUT2D eigenvalue weighted by Crippen LogP contribution is -2.47.